The van der Waals surface area contributed by atoms with Crippen LogP contribution in [0.2, 0.25) is 0 Å². The van der Waals surface area contributed by atoms with Gasteiger partial charge in [0.2, 0.25) is 5.88 Å². The van der Waals surface area contributed by atoms with Gasteiger partial charge in [0.1, 0.15) is 11.4 Å². The molecule has 8 heteroatoms. The Morgan fingerprint density at radius 1 is 1.10 bits per heavy atom. The van der Waals surface area contributed by atoms with Gasteiger partial charge >= 0.3 is 10.2 Å². The highest BCUT2D eigenvalue weighted by Gasteiger charge is 2.30. The highest BCUT2D eigenvalue weighted by Crippen LogP contribution is 2.36. The summed E-state index contributed by atoms with van der Waals surface area (Å²) in [6.45, 7) is 0. The number of phenolic OH excluding ortho intramolecular Hbond substituents is 1. The number of nitrogens with one attached hydrogen (secondary N) is 1. The van der Waals surface area contributed by atoms with E-state index in [2.05, 4.69) is 15.9 Å². The number of hydrogen-bond donors (Lipinski definition) is 3. The van der Waals surface area contributed by atoms with Crippen molar-refractivity contribution in [3.05, 3.63) is 46.9 Å². The van der Waals surface area contributed by atoms with E-state index in [-0.39, 0.29) is 11.4 Å². The smallest absolute Gasteiger partial charge is 0.330 e. The van der Waals surface area contributed by atoms with E-state index in [0.717, 1.165) is 25.8 Å². The Hall–Kier alpha value is -1.93. The number of phenols is 1. The number of benzene rings is 2. The van der Waals surface area contributed by atoms with Gasteiger partial charge in [0.05, 0.1) is 6.20 Å². The lowest BCUT2D eigenvalue weighted by Gasteiger charge is -2.16. The molecule has 0 fully saturated rings. The molecule has 104 valence electrons. The molecule has 1 aliphatic rings. The molecule has 0 saturated carbocycles. The zero-order valence-electron chi connectivity index (χ0n) is 9.91. The number of nitrogens with zero attached hydrogens (tertiary/aromatic N) is 1. The molecule has 0 spiro atoms. The number of aromatic hydroxyl groups is 1. The molecular formula is C12H9BrN2O4S. The van der Waals surface area contributed by atoms with Crippen LogP contribution in [0.15, 0.2) is 46.9 Å². The molecule has 0 aromatic heterocycles. The number of aliphatic hydroxyl groups excluding tert-OH is 1. The third-order valence-corrected chi connectivity index (χ3v) is 4.65. The second-order valence-electron chi connectivity index (χ2n) is 4.25. The molecule has 0 unspecified atom stereocenters. The molecule has 20 heavy (non-hydrogen) atoms. The Balaban J connectivity index is 2.24. The Labute approximate surface area is 123 Å². The molecule has 0 radical (unpaired) electrons. The number of anilines is 1. The minimum atomic E-state index is -3.92. The van der Waals surface area contributed by atoms with Crippen LogP contribution in [0.1, 0.15) is 0 Å². The van der Waals surface area contributed by atoms with Crippen LogP contribution in [-0.4, -0.2) is 18.6 Å². The second kappa shape index (κ2) is 4.29. The first kappa shape index (κ1) is 13.1. The number of hydrogen-bond acceptors (Lipinski definition) is 4. The predicted molar refractivity (Wildman–Crippen MR) is 78.6 cm³/mol. The second-order valence-corrected chi connectivity index (χ2v) is 6.71. The lowest BCUT2D eigenvalue weighted by molar-refractivity contribution is 0.392. The summed E-state index contributed by atoms with van der Waals surface area (Å²) >= 11 is 3.33. The van der Waals surface area contributed by atoms with Crippen LogP contribution < -0.4 is 9.03 Å². The van der Waals surface area contributed by atoms with Crippen molar-refractivity contribution in [1.29, 1.82) is 0 Å². The van der Waals surface area contributed by atoms with Gasteiger partial charge in [0.25, 0.3) is 0 Å². The van der Waals surface area contributed by atoms with Gasteiger partial charge in [-0.15, -0.1) is 0 Å². The zero-order valence-corrected chi connectivity index (χ0v) is 12.3. The minimum Gasteiger partial charge on any atom is -0.506 e. The summed E-state index contributed by atoms with van der Waals surface area (Å²) in [7, 11) is -3.92. The average molecular weight is 357 g/mol. The molecular weight excluding hydrogens is 348 g/mol. The maximum Gasteiger partial charge on any atom is 0.330 e. The zero-order chi connectivity index (χ0) is 14.5. The van der Waals surface area contributed by atoms with Crippen LogP contribution in [0, 0.1) is 0 Å². The molecule has 2 aromatic carbocycles. The molecule has 2 aromatic rings. The van der Waals surface area contributed by atoms with Crippen molar-refractivity contribution in [1.82, 2.24) is 4.72 Å². The van der Waals surface area contributed by atoms with Crippen LogP contribution >= 0.6 is 15.9 Å². The summed E-state index contributed by atoms with van der Waals surface area (Å²) in [5.41, 5.74) is 0.0622. The Morgan fingerprint density at radius 3 is 2.50 bits per heavy atom. The summed E-state index contributed by atoms with van der Waals surface area (Å²) in [5, 5.41) is 20.8. The molecule has 6 nitrogen and oxygen atoms in total. The van der Waals surface area contributed by atoms with E-state index in [1.54, 1.807) is 12.1 Å². The lowest BCUT2D eigenvalue weighted by atomic mass is 10.1. The van der Waals surface area contributed by atoms with Crippen molar-refractivity contribution in [3.63, 3.8) is 0 Å². The summed E-state index contributed by atoms with van der Waals surface area (Å²) < 4.78 is 27.2. The summed E-state index contributed by atoms with van der Waals surface area (Å²) in [4.78, 5) is 0. The molecule has 0 saturated heterocycles. The molecule has 3 rings (SSSR count). The van der Waals surface area contributed by atoms with Crippen molar-refractivity contribution in [2.75, 3.05) is 4.31 Å². The molecule has 1 aliphatic heterocycles. The topological polar surface area (TPSA) is 89.9 Å². The fourth-order valence-corrected chi connectivity index (χ4v) is 3.45. The summed E-state index contributed by atoms with van der Waals surface area (Å²) in [6.07, 6.45) is 0.994. The Bertz CT molecular complexity index is 848. The molecule has 0 amide bonds. The van der Waals surface area contributed by atoms with Crippen LogP contribution in [0.4, 0.5) is 5.69 Å². The standard InChI is InChI=1S/C12H9BrN2O4S/c13-9-2-1-7-5-11(16)10(4-8(7)3-9)15-6-12(17)14-20(15,18)19/h1-6,14,16-17H. The van der Waals surface area contributed by atoms with Gasteiger partial charge in [-0.3, -0.25) is 0 Å². The quantitative estimate of drug-likeness (QED) is 0.731. The minimum absolute atomic E-state index is 0.0622. The van der Waals surface area contributed by atoms with Crippen LogP contribution in [0.25, 0.3) is 10.8 Å². The molecule has 3 N–H and O–H groups in total. The van der Waals surface area contributed by atoms with E-state index in [4.69, 9.17) is 0 Å². The van der Waals surface area contributed by atoms with E-state index in [1.807, 2.05) is 10.8 Å². The normalized spacial score (nSPS) is 17.1. The molecule has 0 atom stereocenters. The first-order valence-corrected chi connectivity index (χ1v) is 7.75. The van der Waals surface area contributed by atoms with Crippen LogP contribution in [0.5, 0.6) is 5.75 Å². The van der Waals surface area contributed by atoms with E-state index in [1.165, 1.54) is 12.1 Å². The molecule has 0 aliphatic carbocycles. The average Bonchev–Trinajstić information content (AvgIpc) is 2.62. The highest BCUT2D eigenvalue weighted by atomic mass is 79.9. The lowest BCUT2D eigenvalue weighted by Crippen LogP contribution is -2.29. The SMILES string of the molecule is O=S1(=O)NC(O)=CN1c1cc2cc(Br)ccc2cc1O. The third kappa shape index (κ3) is 2.06. The summed E-state index contributed by atoms with van der Waals surface area (Å²) in [5.74, 6) is -0.699. The van der Waals surface area contributed by atoms with Gasteiger partial charge in [-0.1, -0.05) is 22.0 Å². The van der Waals surface area contributed by atoms with Crippen LogP contribution in [-0.2, 0) is 10.2 Å². The van der Waals surface area contributed by atoms with E-state index >= 15 is 0 Å². The first-order valence-electron chi connectivity index (χ1n) is 5.52. The van der Waals surface area contributed by atoms with Crippen LogP contribution in [0.3, 0.4) is 0 Å². The monoisotopic (exact) mass is 356 g/mol. The number of fused-ring (bicyclic) bond motifs is 1. The third-order valence-electron chi connectivity index (χ3n) is 2.87. The first-order chi connectivity index (χ1) is 9.37. The van der Waals surface area contributed by atoms with Crippen molar-refractivity contribution < 1.29 is 18.6 Å². The van der Waals surface area contributed by atoms with Gasteiger partial charge < -0.3 is 10.2 Å². The van der Waals surface area contributed by atoms with E-state index in [0.29, 0.717) is 0 Å². The van der Waals surface area contributed by atoms with Crippen molar-refractivity contribution in [2.45, 2.75) is 0 Å². The van der Waals surface area contributed by atoms with E-state index < -0.39 is 16.1 Å². The number of aliphatic hydroxyl groups is 1. The maximum absolute atomic E-state index is 11.8. The number of rotatable bonds is 1. The summed E-state index contributed by atoms with van der Waals surface area (Å²) in [6, 6.07) is 8.42. The van der Waals surface area contributed by atoms with Gasteiger partial charge in [-0.2, -0.15) is 8.42 Å². The van der Waals surface area contributed by atoms with E-state index in [9.17, 15) is 18.6 Å². The van der Waals surface area contributed by atoms with Gasteiger partial charge in [-0.25, -0.2) is 9.03 Å². The molecule has 0 bridgehead atoms. The van der Waals surface area contributed by atoms with Gasteiger partial charge in [0.15, 0.2) is 0 Å². The van der Waals surface area contributed by atoms with Crippen molar-refractivity contribution in [3.8, 4) is 5.75 Å². The van der Waals surface area contributed by atoms with Gasteiger partial charge in [-0.05, 0) is 35.0 Å². The van der Waals surface area contributed by atoms with Gasteiger partial charge in [0, 0.05) is 4.47 Å². The molecule has 1 heterocycles. The largest absolute Gasteiger partial charge is 0.506 e. The predicted octanol–water partition coefficient (Wildman–Crippen LogP) is 2.32. The van der Waals surface area contributed by atoms with Crippen molar-refractivity contribution >= 4 is 42.6 Å². The highest BCUT2D eigenvalue weighted by molar-refractivity contribution is 9.10. The fourth-order valence-electron chi connectivity index (χ4n) is 2.01. The van der Waals surface area contributed by atoms with Crippen molar-refractivity contribution in [2.24, 2.45) is 0 Å². The Morgan fingerprint density at radius 2 is 1.85 bits per heavy atom. The Kier molecular flexibility index (Phi) is 2.80. The maximum atomic E-state index is 11.8. The number of halogens is 1. The fraction of sp³-hybridized carbons (Fsp3) is 0.